The number of hydrogen-bond donors (Lipinski definition) is 2. The molecule has 0 saturated carbocycles. The van der Waals surface area contributed by atoms with Crippen molar-refractivity contribution in [1.82, 2.24) is 4.90 Å². The summed E-state index contributed by atoms with van der Waals surface area (Å²) < 4.78 is 26.8. The number of aliphatic carboxylic acids is 1. The molecule has 1 fully saturated rings. The van der Waals surface area contributed by atoms with Crippen LogP contribution in [0.1, 0.15) is 13.3 Å². The number of carboxylic acid groups (broad SMARTS) is 1. The van der Waals surface area contributed by atoms with E-state index in [0.29, 0.717) is 6.42 Å². The minimum atomic E-state index is -1.02. The zero-order valence-corrected chi connectivity index (χ0v) is 10.8. The van der Waals surface area contributed by atoms with Crippen LogP contribution in [0.5, 0.6) is 0 Å². The first kappa shape index (κ1) is 14.2. The van der Waals surface area contributed by atoms with E-state index in [1.54, 1.807) is 0 Å². The molecule has 1 saturated heterocycles. The van der Waals surface area contributed by atoms with E-state index in [4.69, 9.17) is 5.11 Å². The number of anilines is 1. The molecule has 108 valence electrons. The number of hydrogen-bond acceptors (Lipinski definition) is 2. The Kier molecular flexibility index (Phi) is 3.61. The van der Waals surface area contributed by atoms with E-state index in [2.05, 4.69) is 5.32 Å². The van der Waals surface area contributed by atoms with Gasteiger partial charge in [-0.05, 0) is 25.5 Å². The van der Waals surface area contributed by atoms with Crippen LogP contribution in [0.15, 0.2) is 18.2 Å². The van der Waals surface area contributed by atoms with Crippen LogP contribution in [0, 0.1) is 17.0 Å². The summed E-state index contributed by atoms with van der Waals surface area (Å²) in [5.74, 6) is -2.75. The molecule has 1 aromatic rings. The lowest BCUT2D eigenvalue weighted by molar-refractivity contribution is -0.146. The number of nitrogens with one attached hydrogen (secondary N) is 1. The van der Waals surface area contributed by atoms with E-state index in [9.17, 15) is 18.4 Å². The molecule has 1 atom stereocenters. The number of para-hydroxylation sites is 1. The number of carbonyl (C=O) groups is 2. The van der Waals surface area contributed by atoms with Crippen molar-refractivity contribution in [2.75, 3.05) is 18.4 Å². The van der Waals surface area contributed by atoms with Crippen LogP contribution in [-0.2, 0) is 4.79 Å². The van der Waals surface area contributed by atoms with Crippen molar-refractivity contribution in [3.05, 3.63) is 29.8 Å². The number of amides is 2. The van der Waals surface area contributed by atoms with Gasteiger partial charge in [0.1, 0.15) is 17.3 Å². The molecule has 1 unspecified atom stereocenters. The van der Waals surface area contributed by atoms with Crippen LogP contribution in [0.3, 0.4) is 0 Å². The number of urea groups is 1. The Morgan fingerprint density at radius 2 is 1.95 bits per heavy atom. The predicted molar refractivity (Wildman–Crippen MR) is 67.3 cm³/mol. The Hall–Kier alpha value is -2.18. The molecule has 5 nitrogen and oxygen atoms in total. The molecule has 0 aromatic heterocycles. The third-order valence-electron chi connectivity index (χ3n) is 3.47. The van der Waals surface area contributed by atoms with Gasteiger partial charge in [-0.15, -0.1) is 0 Å². The molecule has 1 aliphatic heterocycles. The number of likely N-dealkylation sites (tertiary alicyclic amines) is 1. The van der Waals surface area contributed by atoms with E-state index in [1.165, 1.54) is 17.9 Å². The number of carbonyl (C=O) groups excluding carboxylic acids is 1. The molecule has 2 rings (SSSR count). The van der Waals surface area contributed by atoms with Crippen LogP contribution in [0.25, 0.3) is 0 Å². The van der Waals surface area contributed by atoms with Gasteiger partial charge in [-0.1, -0.05) is 6.07 Å². The molecule has 1 aliphatic rings. The van der Waals surface area contributed by atoms with E-state index in [0.717, 1.165) is 12.1 Å². The first-order valence-corrected chi connectivity index (χ1v) is 6.07. The molecule has 1 aromatic carbocycles. The van der Waals surface area contributed by atoms with Crippen LogP contribution < -0.4 is 5.32 Å². The molecular weight excluding hydrogens is 270 g/mol. The summed E-state index contributed by atoms with van der Waals surface area (Å²) in [6.45, 7) is 1.77. The van der Waals surface area contributed by atoms with Gasteiger partial charge in [0.05, 0.1) is 5.41 Å². The number of halogens is 2. The molecule has 2 amide bonds. The zero-order valence-electron chi connectivity index (χ0n) is 10.8. The third-order valence-corrected chi connectivity index (χ3v) is 3.47. The van der Waals surface area contributed by atoms with Crippen molar-refractivity contribution in [2.45, 2.75) is 13.3 Å². The standard InChI is InChI=1S/C13H14F2N2O3/c1-13(11(18)19)5-6-17(7-13)12(20)16-10-8(14)3-2-4-9(10)15/h2-4H,5-7H2,1H3,(H,16,20)(H,18,19). The van der Waals surface area contributed by atoms with Gasteiger partial charge in [0.25, 0.3) is 0 Å². The molecule has 2 N–H and O–H groups in total. The fraction of sp³-hybridized carbons (Fsp3) is 0.385. The maximum atomic E-state index is 13.4. The van der Waals surface area contributed by atoms with E-state index < -0.39 is 34.7 Å². The smallest absolute Gasteiger partial charge is 0.322 e. The number of nitrogens with zero attached hydrogens (tertiary/aromatic N) is 1. The zero-order chi connectivity index (χ0) is 14.9. The molecule has 7 heteroatoms. The highest BCUT2D eigenvalue weighted by Crippen LogP contribution is 2.30. The highest BCUT2D eigenvalue weighted by atomic mass is 19.1. The second-order valence-corrected chi connectivity index (χ2v) is 5.06. The molecule has 0 radical (unpaired) electrons. The topological polar surface area (TPSA) is 69.6 Å². The van der Waals surface area contributed by atoms with Crippen molar-refractivity contribution in [3.8, 4) is 0 Å². The van der Waals surface area contributed by atoms with E-state index in [-0.39, 0.29) is 13.1 Å². The Morgan fingerprint density at radius 1 is 1.35 bits per heavy atom. The van der Waals surface area contributed by atoms with Gasteiger partial charge in [-0.25, -0.2) is 13.6 Å². The maximum Gasteiger partial charge on any atom is 0.322 e. The number of rotatable bonds is 2. The number of benzene rings is 1. The fourth-order valence-corrected chi connectivity index (χ4v) is 2.11. The monoisotopic (exact) mass is 284 g/mol. The second-order valence-electron chi connectivity index (χ2n) is 5.06. The molecular formula is C13H14F2N2O3. The van der Waals surface area contributed by atoms with Gasteiger partial charge >= 0.3 is 12.0 Å². The Labute approximate surface area is 114 Å². The van der Waals surface area contributed by atoms with E-state index in [1.807, 2.05) is 0 Å². The fourth-order valence-electron chi connectivity index (χ4n) is 2.11. The summed E-state index contributed by atoms with van der Waals surface area (Å²) in [6.07, 6.45) is 0.301. The molecule has 0 aliphatic carbocycles. The lowest BCUT2D eigenvalue weighted by Crippen LogP contribution is -2.37. The van der Waals surface area contributed by atoms with Gasteiger partial charge in [0.15, 0.2) is 0 Å². The average Bonchev–Trinajstić information content (AvgIpc) is 2.78. The average molecular weight is 284 g/mol. The quantitative estimate of drug-likeness (QED) is 0.875. The summed E-state index contributed by atoms with van der Waals surface area (Å²) in [5, 5.41) is 11.2. The molecule has 0 spiro atoms. The lowest BCUT2D eigenvalue weighted by Gasteiger charge is -2.20. The van der Waals surface area contributed by atoms with Gasteiger partial charge in [-0.2, -0.15) is 0 Å². The summed E-state index contributed by atoms with van der Waals surface area (Å²) >= 11 is 0. The number of carboxylic acids is 1. The van der Waals surface area contributed by atoms with Gasteiger partial charge in [0, 0.05) is 13.1 Å². The van der Waals surface area contributed by atoms with Gasteiger partial charge in [-0.3, -0.25) is 4.79 Å². The molecule has 0 bridgehead atoms. The van der Waals surface area contributed by atoms with Crippen molar-refractivity contribution < 1.29 is 23.5 Å². The highest BCUT2D eigenvalue weighted by Gasteiger charge is 2.42. The third kappa shape index (κ3) is 2.56. The largest absolute Gasteiger partial charge is 0.481 e. The van der Waals surface area contributed by atoms with Crippen molar-refractivity contribution in [1.29, 1.82) is 0 Å². The van der Waals surface area contributed by atoms with Crippen molar-refractivity contribution in [3.63, 3.8) is 0 Å². The second kappa shape index (κ2) is 5.07. The first-order chi connectivity index (χ1) is 9.33. The van der Waals surface area contributed by atoms with Crippen LogP contribution in [0.2, 0.25) is 0 Å². The summed E-state index contributed by atoms with van der Waals surface area (Å²) in [5.41, 5.74) is -1.55. The first-order valence-electron chi connectivity index (χ1n) is 6.07. The Morgan fingerprint density at radius 3 is 2.45 bits per heavy atom. The normalized spacial score (nSPS) is 21.9. The van der Waals surface area contributed by atoms with Gasteiger partial charge < -0.3 is 15.3 Å². The Balaban J connectivity index is 2.09. The van der Waals surface area contributed by atoms with Crippen molar-refractivity contribution in [2.24, 2.45) is 5.41 Å². The van der Waals surface area contributed by atoms with E-state index >= 15 is 0 Å². The van der Waals surface area contributed by atoms with Gasteiger partial charge in [0.2, 0.25) is 0 Å². The molecule has 20 heavy (non-hydrogen) atoms. The summed E-state index contributed by atoms with van der Waals surface area (Å²) in [7, 11) is 0. The summed E-state index contributed by atoms with van der Waals surface area (Å²) in [6, 6.07) is 2.55. The SMILES string of the molecule is CC1(C(=O)O)CCN(C(=O)Nc2c(F)cccc2F)C1. The van der Waals surface area contributed by atoms with Crippen LogP contribution >= 0.6 is 0 Å². The van der Waals surface area contributed by atoms with Crippen molar-refractivity contribution >= 4 is 17.7 Å². The molecule has 1 heterocycles. The minimum Gasteiger partial charge on any atom is -0.481 e. The van der Waals surface area contributed by atoms with Crippen LogP contribution in [0.4, 0.5) is 19.3 Å². The summed E-state index contributed by atoms with van der Waals surface area (Å²) in [4.78, 5) is 24.2. The predicted octanol–water partition coefficient (Wildman–Crippen LogP) is 2.29. The lowest BCUT2D eigenvalue weighted by atomic mass is 9.90. The maximum absolute atomic E-state index is 13.4. The minimum absolute atomic E-state index is 0.00420. The van der Waals surface area contributed by atoms with Crippen LogP contribution in [-0.4, -0.2) is 35.1 Å². The highest BCUT2D eigenvalue weighted by molar-refractivity contribution is 5.90. The Bertz CT molecular complexity index is 544.